The van der Waals surface area contributed by atoms with Crippen LogP contribution >= 0.6 is 0 Å². The van der Waals surface area contributed by atoms with Crippen LogP contribution in [0.2, 0.25) is 0 Å². The number of hydrogen-bond acceptors (Lipinski definition) is 2. The van der Waals surface area contributed by atoms with Gasteiger partial charge < -0.3 is 4.57 Å². The lowest BCUT2D eigenvalue weighted by atomic mass is 9.79. The highest BCUT2D eigenvalue weighted by Gasteiger charge is 2.36. The minimum atomic E-state index is -0.138. The highest BCUT2D eigenvalue weighted by Crippen LogP contribution is 2.53. The van der Waals surface area contributed by atoms with Crippen molar-refractivity contribution in [2.24, 2.45) is 0 Å². The molecule has 0 radical (unpaired) electrons. The molecule has 0 atom stereocenters. The third-order valence-electron chi connectivity index (χ3n) is 11.7. The van der Waals surface area contributed by atoms with Crippen molar-refractivity contribution in [2.45, 2.75) is 19.3 Å². The van der Waals surface area contributed by atoms with Crippen LogP contribution in [0.25, 0.3) is 93.8 Å². The fraction of sp³-hybridized carbons (Fsp3) is 0.0588. The molecule has 3 nitrogen and oxygen atoms in total. The van der Waals surface area contributed by atoms with Crippen LogP contribution in [-0.2, 0) is 5.41 Å². The number of nitrogens with zero attached hydrogens (tertiary/aromatic N) is 3. The van der Waals surface area contributed by atoms with E-state index in [0.717, 1.165) is 22.6 Å². The number of para-hydroxylation sites is 2. The highest BCUT2D eigenvalue weighted by atomic mass is 15.0. The Bertz CT molecular complexity index is 3060. The Morgan fingerprint density at radius 3 is 1.76 bits per heavy atom. The molecule has 10 aromatic rings. The standard InChI is InChI=1S/C51H35N3/c1-51(2)43-21-8-5-16-35(43)40-29-41-42(30-44(40)51)50(33-25-26-46(53-31-33)45-22-11-12-27-52-45)39-20-4-3-19-38(39)49(41)32-14-13-15-34(28-32)54-47-23-9-6-17-36(47)37-18-7-10-24-48(37)54/h3-31H,1-2H3. The summed E-state index contributed by atoms with van der Waals surface area (Å²) < 4.78 is 2.41. The largest absolute Gasteiger partial charge is 0.309 e. The molecule has 0 aliphatic heterocycles. The smallest absolute Gasteiger partial charge is 0.0886 e. The SMILES string of the molecule is CC1(C)c2ccccc2-c2cc3c(-c4cccc(-n5c6ccccc6c6ccccc65)c4)c4ccccc4c(-c4ccc(-c5ccccn5)nc4)c3cc21. The molecule has 54 heavy (non-hydrogen) atoms. The number of pyridine rings is 2. The highest BCUT2D eigenvalue weighted by molar-refractivity contribution is 6.22. The van der Waals surface area contributed by atoms with Crippen molar-refractivity contribution >= 4 is 43.4 Å². The Labute approximate surface area is 313 Å². The molecule has 0 N–H and O–H groups in total. The molecule has 3 heterocycles. The second-order valence-electron chi connectivity index (χ2n) is 15.0. The van der Waals surface area contributed by atoms with E-state index in [1.54, 1.807) is 0 Å². The second kappa shape index (κ2) is 11.6. The van der Waals surface area contributed by atoms with Crippen LogP contribution in [-0.4, -0.2) is 14.5 Å². The van der Waals surface area contributed by atoms with Crippen molar-refractivity contribution < 1.29 is 0 Å². The zero-order chi connectivity index (χ0) is 36.0. The van der Waals surface area contributed by atoms with E-state index in [9.17, 15) is 0 Å². The molecule has 1 aliphatic carbocycles. The molecule has 0 fully saturated rings. The summed E-state index contributed by atoms with van der Waals surface area (Å²) >= 11 is 0. The lowest BCUT2D eigenvalue weighted by molar-refractivity contribution is 0.661. The average Bonchev–Trinajstić information content (AvgIpc) is 3.68. The maximum atomic E-state index is 4.98. The van der Waals surface area contributed by atoms with E-state index in [0.29, 0.717) is 0 Å². The van der Waals surface area contributed by atoms with Crippen molar-refractivity contribution in [1.82, 2.24) is 14.5 Å². The minimum Gasteiger partial charge on any atom is -0.309 e. The lowest BCUT2D eigenvalue weighted by Gasteiger charge is -2.24. The summed E-state index contributed by atoms with van der Waals surface area (Å²) in [5.74, 6) is 0. The molecule has 0 saturated carbocycles. The summed E-state index contributed by atoms with van der Waals surface area (Å²) in [6, 6.07) is 59.7. The molecule has 1 aliphatic rings. The summed E-state index contributed by atoms with van der Waals surface area (Å²) in [6.45, 7) is 4.73. The number of aromatic nitrogens is 3. The van der Waals surface area contributed by atoms with Gasteiger partial charge in [-0.25, -0.2) is 0 Å². The van der Waals surface area contributed by atoms with E-state index in [1.807, 2.05) is 30.6 Å². The van der Waals surface area contributed by atoms with Gasteiger partial charge in [0, 0.05) is 39.8 Å². The number of benzene rings is 7. The minimum absolute atomic E-state index is 0.138. The van der Waals surface area contributed by atoms with Gasteiger partial charge in [0.2, 0.25) is 0 Å². The van der Waals surface area contributed by atoms with Gasteiger partial charge in [-0.15, -0.1) is 0 Å². The topological polar surface area (TPSA) is 30.7 Å². The van der Waals surface area contributed by atoms with E-state index in [1.165, 1.54) is 82.3 Å². The Morgan fingerprint density at radius 1 is 0.426 bits per heavy atom. The monoisotopic (exact) mass is 689 g/mol. The van der Waals surface area contributed by atoms with Crippen LogP contribution in [0.4, 0.5) is 0 Å². The van der Waals surface area contributed by atoms with E-state index in [2.05, 4.69) is 169 Å². The van der Waals surface area contributed by atoms with Crippen LogP contribution < -0.4 is 0 Å². The molecule has 11 rings (SSSR count). The van der Waals surface area contributed by atoms with Gasteiger partial charge in [-0.1, -0.05) is 123 Å². The van der Waals surface area contributed by atoms with Gasteiger partial charge in [0.1, 0.15) is 0 Å². The molecule has 0 unspecified atom stereocenters. The van der Waals surface area contributed by atoms with Crippen molar-refractivity contribution in [2.75, 3.05) is 0 Å². The van der Waals surface area contributed by atoms with Gasteiger partial charge in [-0.3, -0.25) is 9.97 Å². The maximum absolute atomic E-state index is 4.98. The summed E-state index contributed by atoms with van der Waals surface area (Å²) in [7, 11) is 0. The predicted octanol–water partition coefficient (Wildman–Crippen LogP) is 13.2. The predicted molar refractivity (Wildman–Crippen MR) is 225 cm³/mol. The summed E-state index contributed by atoms with van der Waals surface area (Å²) in [5, 5.41) is 7.43. The van der Waals surface area contributed by atoms with Gasteiger partial charge >= 0.3 is 0 Å². The van der Waals surface area contributed by atoms with Crippen LogP contribution in [0, 0.1) is 0 Å². The van der Waals surface area contributed by atoms with Gasteiger partial charge in [0.25, 0.3) is 0 Å². The summed E-state index contributed by atoms with van der Waals surface area (Å²) in [6.07, 6.45) is 3.85. The van der Waals surface area contributed by atoms with Crippen molar-refractivity contribution in [3.05, 3.63) is 187 Å². The van der Waals surface area contributed by atoms with Crippen LogP contribution in [0.15, 0.2) is 176 Å². The third kappa shape index (κ3) is 4.42. The third-order valence-corrected chi connectivity index (χ3v) is 11.7. The van der Waals surface area contributed by atoms with Crippen molar-refractivity contribution in [3.8, 4) is 50.5 Å². The number of fused-ring (bicyclic) bond motifs is 8. The first-order chi connectivity index (χ1) is 26.6. The van der Waals surface area contributed by atoms with Gasteiger partial charge in [0.15, 0.2) is 0 Å². The molecular formula is C51H35N3. The maximum Gasteiger partial charge on any atom is 0.0886 e. The molecule has 254 valence electrons. The summed E-state index contributed by atoms with van der Waals surface area (Å²) in [4.78, 5) is 9.54. The molecule has 3 heteroatoms. The Balaban J connectivity index is 1.22. The second-order valence-corrected chi connectivity index (χ2v) is 15.0. The van der Waals surface area contributed by atoms with Gasteiger partial charge in [-0.2, -0.15) is 0 Å². The molecule has 0 spiro atoms. The van der Waals surface area contributed by atoms with Gasteiger partial charge in [0.05, 0.1) is 22.4 Å². The fourth-order valence-electron chi connectivity index (χ4n) is 9.20. The normalized spacial score (nSPS) is 13.1. The van der Waals surface area contributed by atoms with Crippen LogP contribution in [0.3, 0.4) is 0 Å². The van der Waals surface area contributed by atoms with E-state index in [-0.39, 0.29) is 5.41 Å². The zero-order valence-corrected chi connectivity index (χ0v) is 30.1. The first-order valence-corrected chi connectivity index (χ1v) is 18.7. The van der Waals surface area contributed by atoms with Crippen molar-refractivity contribution in [1.29, 1.82) is 0 Å². The van der Waals surface area contributed by atoms with Gasteiger partial charge in [-0.05, 0) is 115 Å². The average molecular weight is 690 g/mol. The van der Waals surface area contributed by atoms with Crippen LogP contribution in [0.1, 0.15) is 25.0 Å². The van der Waals surface area contributed by atoms with Crippen LogP contribution in [0.5, 0.6) is 0 Å². The molecule has 3 aromatic heterocycles. The van der Waals surface area contributed by atoms with E-state index < -0.39 is 0 Å². The molecule has 0 saturated heterocycles. The Morgan fingerprint density at radius 2 is 1.06 bits per heavy atom. The molecule has 0 amide bonds. The molecule has 0 bridgehead atoms. The summed E-state index contributed by atoms with van der Waals surface area (Å²) in [5.41, 5.74) is 15.3. The molecule has 7 aromatic carbocycles. The first-order valence-electron chi connectivity index (χ1n) is 18.7. The Kier molecular flexibility index (Phi) is 6.60. The lowest BCUT2D eigenvalue weighted by Crippen LogP contribution is -2.14. The van der Waals surface area contributed by atoms with E-state index in [4.69, 9.17) is 4.98 Å². The fourth-order valence-corrected chi connectivity index (χ4v) is 9.20. The number of rotatable bonds is 4. The quantitative estimate of drug-likeness (QED) is 0.172. The van der Waals surface area contributed by atoms with Crippen molar-refractivity contribution in [3.63, 3.8) is 0 Å². The van der Waals surface area contributed by atoms with E-state index >= 15 is 0 Å². The Hall–Kier alpha value is -6.84. The first kappa shape index (κ1) is 30.8. The molecular weight excluding hydrogens is 655 g/mol. The zero-order valence-electron chi connectivity index (χ0n) is 30.1. The number of hydrogen-bond donors (Lipinski definition) is 0.